The highest BCUT2D eigenvalue weighted by Crippen LogP contribution is 2.30. The van der Waals surface area contributed by atoms with E-state index in [2.05, 4.69) is 43.0 Å². The number of nitrogens with one attached hydrogen (secondary N) is 2. The number of H-pyrrole nitrogens is 1. The van der Waals surface area contributed by atoms with Crippen molar-refractivity contribution in [3.05, 3.63) is 56.5 Å². The zero-order chi connectivity index (χ0) is 28.2. The molecule has 1 saturated carbocycles. The maximum atomic E-state index is 13.1. The Kier molecular flexibility index (Phi) is 8.90. The van der Waals surface area contributed by atoms with Crippen molar-refractivity contribution in [2.24, 2.45) is 0 Å². The van der Waals surface area contributed by atoms with Crippen LogP contribution >= 0.6 is 15.9 Å². The number of nitrogen functional groups attached to an aromatic ring is 1. The number of anilines is 1. The van der Waals surface area contributed by atoms with Crippen molar-refractivity contribution in [2.45, 2.75) is 70.5 Å². The first kappa shape index (κ1) is 28.4. The smallest absolute Gasteiger partial charge is 0.327 e. The van der Waals surface area contributed by atoms with Crippen LogP contribution in [0, 0.1) is 0 Å². The number of halogens is 1. The lowest BCUT2D eigenvalue weighted by Gasteiger charge is -2.34. The van der Waals surface area contributed by atoms with Crippen molar-refractivity contribution in [3.63, 3.8) is 0 Å². The van der Waals surface area contributed by atoms with Crippen LogP contribution in [0.5, 0.6) is 0 Å². The van der Waals surface area contributed by atoms with Gasteiger partial charge in [0.2, 0.25) is 5.91 Å². The van der Waals surface area contributed by atoms with Crippen LogP contribution in [0.25, 0.3) is 11.2 Å². The van der Waals surface area contributed by atoms with Gasteiger partial charge in [-0.25, -0.2) is 9.78 Å². The van der Waals surface area contributed by atoms with E-state index in [9.17, 15) is 14.4 Å². The summed E-state index contributed by atoms with van der Waals surface area (Å²) in [6.45, 7) is 4.74. The van der Waals surface area contributed by atoms with Crippen molar-refractivity contribution in [2.75, 3.05) is 31.9 Å². The monoisotopic (exact) mass is 611 g/mol. The molecule has 3 heterocycles. The second kappa shape index (κ2) is 12.6. The molecule has 5 rings (SSSR count). The van der Waals surface area contributed by atoms with Crippen LogP contribution in [0.1, 0.15) is 73.8 Å². The highest BCUT2D eigenvalue weighted by atomic mass is 79.9. The second-order valence-electron chi connectivity index (χ2n) is 10.9. The third kappa shape index (κ3) is 6.10. The number of hydrogen-bond donors (Lipinski definition) is 3. The molecule has 0 spiro atoms. The summed E-state index contributed by atoms with van der Waals surface area (Å²) < 4.78 is 2.43. The zero-order valence-corrected chi connectivity index (χ0v) is 24.6. The van der Waals surface area contributed by atoms with Crippen LogP contribution in [0.3, 0.4) is 0 Å². The Morgan fingerprint density at radius 2 is 1.93 bits per heavy atom. The number of likely N-dealkylation sites (tertiary alicyclic amines) is 1. The largest absolute Gasteiger partial charge is 0.398 e. The van der Waals surface area contributed by atoms with E-state index in [4.69, 9.17) is 5.73 Å². The van der Waals surface area contributed by atoms with Crippen LogP contribution in [0.15, 0.2) is 39.7 Å². The number of carbonyl (C=O) groups excluding carboxylic acids is 2. The molecule has 2 aromatic heterocycles. The number of nitrogens with two attached hydrogens (primary N) is 1. The summed E-state index contributed by atoms with van der Waals surface area (Å²) in [5, 5.41) is 2.80. The third-order valence-corrected chi connectivity index (χ3v) is 9.08. The Hall–Kier alpha value is -3.18. The summed E-state index contributed by atoms with van der Waals surface area (Å²) in [4.78, 5) is 49.8. The molecule has 1 aromatic carbocycles. The number of pyridine rings is 1. The Labute approximate surface area is 242 Å². The van der Waals surface area contributed by atoms with Gasteiger partial charge in [-0.05, 0) is 78.0 Å². The number of carbonyl (C=O) groups is 2. The molecular weight excluding hydrogens is 574 g/mol. The van der Waals surface area contributed by atoms with Gasteiger partial charge in [0.05, 0.1) is 17.7 Å². The van der Waals surface area contributed by atoms with Crippen LogP contribution in [-0.2, 0) is 11.3 Å². The van der Waals surface area contributed by atoms with Gasteiger partial charge in [0.15, 0.2) is 5.65 Å². The van der Waals surface area contributed by atoms with Gasteiger partial charge >= 0.3 is 5.69 Å². The molecular formula is C29H38BrN7O3. The lowest BCUT2D eigenvalue weighted by atomic mass is 9.93. The van der Waals surface area contributed by atoms with E-state index < -0.39 is 0 Å². The van der Waals surface area contributed by atoms with Crippen LogP contribution in [-0.4, -0.2) is 68.4 Å². The minimum Gasteiger partial charge on any atom is -0.398 e. The highest BCUT2D eigenvalue weighted by Gasteiger charge is 2.27. The number of imidazole rings is 1. The second-order valence-corrected chi connectivity index (χ2v) is 11.7. The molecule has 1 aliphatic heterocycles. The maximum absolute atomic E-state index is 13.1. The van der Waals surface area contributed by atoms with Crippen LogP contribution in [0.2, 0.25) is 0 Å². The minimum absolute atomic E-state index is 0.00839. The van der Waals surface area contributed by atoms with Crippen molar-refractivity contribution >= 4 is 44.6 Å². The minimum atomic E-state index is -0.302. The van der Waals surface area contributed by atoms with Crippen molar-refractivity contribution in [1.29, 1.82) is 0 Å². The Morgan fingerprint density at radius 3 is 2.65 bits per heavy atom. The predicted octanol–water partition coefficient (Wildman–Crippen LogP) is 3.82. The summed E-state index contributed by atoms with van der Waals surface area (Å²) >= 11 is 3.53. The average molecular weight is 613 g/mol. The first-order valence-electron chi connectivity index (χ1n) is 14.3. The molecule has 2 aliphatic rings. The molecule has 10 nitrogen and oxygen atoms in total. The third-order valence-electron chi connectivity index (χ3n) is 8.42. The van der Waals surface area contributed by atoms with Gasteiger partial charge in [0, 0.05) is 48.0 Å². The van der Waals surface area contributed by atoms with Gasteiger partial charge in [-0.2, -0.15) is 0 Å². The number of aromatic nitrogens is 3. The van der Waals surface area contributed by atoms with Crippen molar-refractivity contribution in [3.8, 4) is 0 Å². The van der Waals surface area contributed by atoms with E-state index in [1.807, 2.05) is 18.2 Å². The molecule has 0 bridgehead atoms. The summed E-state index contributed by atoms with van der Waals surface area (Å²) in [6, 6.07) is 7.80. The SMILES string of the molecule is CCN(Cc1cc(C(=O)NCC(=O)N2CCC(n3c(=O)[nH]c4ncccc43)CC2)cc(Br)c1N)C1CCCCC1. The quantitative estimate of drug-likeness (QED) is 0.332. The molecule has 3 aromatic rings. The number of aromatic amines is 1. The molecule has 2 fully saturated rings. The van der Waals surface area contributed by atoms with E-state index in [0.717, 1.165) is 17.6 Å². The lowest BCUT2D eigenvalue weighted by Crippen LogP contribution is -2.45. The van der Waals surface area contributed by atoms with Crippen LogP contribution < -0.4 is 16.7 Å². The van der Waals surface area contributed by atoms with Gasteiger partial charge < -0.3 is 16.0 Å². The van der Waals surface area contributed by atoms with Gasteiger partial charge in [0.1, 0.15) is 0 Å². The molecule has 40 heavy (non-hydrogen) atoms. The Morgan fingerprint density at radius 1 is 1.18 bits per heavy atom. The molecule has 11 heteroatoms. The fourth-order valence-corrected chi connectivity index (χ4v) is 6.67. The first-order chi connectivity index (χ1) is 19.4. The van der Waals surface area contributed by atoms with E-state index in [-0.39, 0.29) is 30.1 Å². The van der Waals surface area contributed by atoms with E-state index in [1.54, 1.807) is 21.7 Å². The van der Waals surface area contributed by atoms with Gasteiger partial charge in [-0.1, -0.05) is 26.2 Å². The molecule has 0 unspecified atom stereocenters. The zero-order valence-electron chi connectivity index (χ0n) is 23.0. The number of amides is 2. The fraction of sp³-hybridized carbons (Fsp3) is 0.517. The predicted molar refractivity (Wildman–Crippen MR) is 159 cm³/mol. The summed E-state index contributed by atoms with van der Waals surface area (Å²) in [7, 11) is 0. The molecule has 0 atom stereocenters. The van der Waals surface area contributed by atoms with E-state index in [0.29, 0.717) is 59.9 Å². The normalized spacial score (nSPS) is 17.0. The van der Waals surface area contributed by atoms with Gasteiger partial charge in [-0.15, -0.1) is 0 Å². The van der Waals surface area contributed by atoms with E-state index >= 15 is 0 Å². The maximum Gasteiger partial charge on any atom is 0.327 e. The number of piperidine rings is 1. The fourth-order valence-electron chi connectivity index (χ4n) is 6.16. The summed E-state index contributed by atoms with van der Waals surface area (Å²) in [6.07, 6.45) is 9.18. The Bertz CT molecular complexity index is 1420. The average Bonchev–Trinajstić information content (AvgIpc) is 3.32. The van der Waals surface area contributed by atoms with Gasteiger partial charge in [-0.3, -0.25) is 24.0 Å². The van der Waals surface area contributed by atoms with Crippen molar-refractivity contribution in [1.82, 2.24) is 29.7 Å². The summed E-state index contributed by atoms with van der Waals surface area (Å²) in [5.41, 5.74) is 9.61. The molecule has 1 saturated heterocycles. The number of hydrogen-bond acceptors (Lipinski definition) is 6. The lowest BCUT2D eigenvalue weighted by molar-refractivity contribution is -0.131. The number of fused-ring (bicyclic) bond motifs is 1. The molecule has 0 radical (unpaired) electrons. The first-order valence-corrected chi connectivity index (χ1v) is 15.1. The standard InChI is InChI=1S/C29H38BrN7O3/c1-2-35(21-7-4-3-5-8-21)18-20-15-19(16-23(30)26(20)31)28(39)33-17-25(38)36-13-10-22(11-14-36)37-24-9-6-12-32-27(24)34-29(37)40/h6,9,12,15-16,21-22H,2-5,7-8,10-11,13-14,17-18,31H2,1H3,(H,33,39)(H,32,34,40). The highest BCUT2D eigenvalue weighted by molar-refractivity contribution is 9.10. The number of nitrogens with zero attached hydrogens (tertiary/aromatic N) is 4. The van der Waals surface area contributed by atoms with E-state index in [1.165, 1.54) is 32.1 Å². The molecule has 214 valence electrons. The topological polar surface area (TPSA) is 129 Å². The van der Waals surface area contributed by atoms with Crippen LogP contribution in [0.4, 0.5) is 5.69 Å². The molecule has 2 amide bonds. The molecule has 1 aliphatic carbocycles. The van der Waals surface area contributed by atoms with Gasteiger partial charge in [0.25, 0.3) is 5.91 Å². The number of benzene rings is 1. The van der Waals surface area contributed by atoms with Crippen molar-refractivity contribution < 1.29 is 9.59 Å². The Balaban J connectivity index is 1.17. The summed E-state index contributed by atoms with van der Waals surface area (Å²) in [5.74, 6) is -0.437. The number of rotatable bonds is 8. The molecule has 4 N–H and O–H groups in total.